The fourth-order valence-electron chi connectivity index (χ4n) is 2.04. The molecule has 0 aromatic heterocycles. The zero-order chi connectivity index (χ0) is 19.0. The second kappa shape index (κ2) is 9.38. The van der Waals surface area contributed by atoms with Crippen LogP contribution in [0.1, 0.15) is 13.8 Å². The highest BCUT2D eigenvalue weighted by molar-refractivity contribution is 6.83. The molecule has 5 heteroatoms. The fraction of sp³-hybridized carbons (Fsp3) is 0.600. The van der Waals surface area contributed by atoms with Crippen molar-refractivity contribution in [3.05, 3.63) is 24.3 Å². The maximum Gasteiger partial charge on any atom is 0.222 e. The Kier molecular flexibility index (Phi) is 8.14. The molecule has 0 radical (unpaired) electrons. The maximum atomic E-state index is 5.64. The molecule has 0 spiro atoms. The van der Waals surface area contributed by atoms with Crippen molar-refractivity contribution in [1.29, 1.82) is 0 Å². The molecule has 0 aromatic rings. The fourth-order valence-corrected chi connectivity index (χ4v) is 2.61. The lowest BCUT2D eigenvalue weighted by Crippen LogP contribution is -2.35. The zero-order valence-corrected chi connectivity index (χ0v) is 17.4. The van der Waals surface area contributed by atoms with Gasteiger partial charge in [-0.05, 0) is 44.1 Å². The van der Waals surface area contributed by atoms with E-state index in [-0.39, 0.29) is 0 Å². The van der Waals surface area contributed by atoms with Gasteiger partial charge in [0.1, 0.15) is 8.07 Å². The summed E-state index contributed by atoms with van der Waals surface area (Å²) in [6, 6.07) is 0. The highest BCUT2D eigenvalue weighted by Gasteiger charge is 2.32. The van der Waals surface area contributed by atoms with Gasteiger partial charge in [0.25, 0.3) is 0 Å². The first kappa shape index (κ1) is 21.7. The average Bonchev–Trinajstić information content (AvgIpc) is 2.59. The lowest BCUT2D eigenvalue weighted by Gasteiger charge is -2.29. The van der Waals surface area contributed by atoms with E-state index in [1.165, 1.54) is 0 Å². The van der Waals surface area contributed by atoms with Crippen LogP contribution >= 0.6 is 0 Å². The maximum absolute atomic E-state index is 5.64. The van der Waals surface area contributed by atoms with E-state index < -0.39 is 25.6 Å². The van der Waals surface area contributed by atoms with Crippen molar-refractivity contribution in [2.75, 3.05) is 27.4 Å². The van der Waals surface area contributed by atoms with Crippen LogP contribution in [0.5, 0.6) is 0 Å². The van der Waals surface area contributed by atoms with Gasteiger partial charge in [0.05, 0.1) is 0 Å². The van der Waals surface area contributed by atoms with Gasteiger partial charge in [0, 0.05) is 27.4 Å². The smallest absolute Gasteiger partial charge is 0.222 e. The van der Waals surface area contributed by atoms with Crippen molar-refractivity contribution in [2.45, 2.75) is 51.0 Å². The van der Waals surface area contributed by atoms with Gasteiger partial charge in [-0.2, -0.15) is 0 Å². The summed E-state index contributed by atoms with van der Waals surface area (Å²) in [7, 11) is 1.77. The molecule has 1 aliphatic rings. The average molecular weight is 363 g/mol. The topological polar surface area (TPSA) is 36.9 Å². The van der Waals surface area contributed by atoms with Crippen molar-refractivity contribution < 1.29 is 18.9 Å². The summed E-state index contributed by atoms with van der Waals surface area (Å²) in [5.41, 5.74) is 1.79. The standard InChI is InChI=1S/C20H30O4Si/c1-8-23-18(24-9-2)10-11-19(21-3)12-14-20(22-4,15-13-19)16-17-25(5,6)7/h12-15,18H,8-9H2,1-7H3. The van der Waals surface area contributed by atoms with E-state index >= 15 is 0 Å². The van der Waals surface area contributed by atoms with Gasteiger partial charge >= 0.3 is 0 Å². The predicted molar refractivity (Wildman–Crippen MR) is 104 cm³/mol. The summed E-state index contributed by atoms with van der Waals surface area (Å²) in [5, 5.41) is 0. The normalized spacial score (nSPS) is 25.3. The van der Waals surface area contributed by atoms with Crippen molar-refractivity contribution in [3.63, 3.8) is 0 Å². The van der Waals surface area contributed by atoms with E-state index in [0.717, 1.165) is 0 Å². The number of ether oxygens (including phenoxy) is 4. The number of rotatable bonds is 6. The van der Waals surface area contributed by atoms with Gasteiger partial charge in [-0.1, -0.05) is 31.5 Å². The summed E-state index contributed by atoms with van der Waals surface area (Å²) >= 11 is 0. The summed E-state index contributed by atoms with van der Waals surface area (Å²) < 4.78 is 22.2. The molecule has 0 aromatic carbocycles. The monoisotopic (exact) mass is 362 g/mol. The van der Waals surface area contributed by atoms with Crippen LogP contribution in [-0.4, -0.2) is 53.0 Å². The summed E-state index contributed by atoms with van der Waals surface area (Å²) in [4.78, 5) is 0. The molecule has 0 unspecified atom stereocenters. The molecule has 0 saturated heterocycles. The SMILES string of the molecule is CCOC(C#CC1(OC)C=CC(C#C[Si](C)(C)C)(OC)C=C1)OCC. The second-order valence-electron chi connectivity index (χ2n) is 6.67. The van der Waals surface area contributed by atoms with E-state index in [4.69, 9.17) is 18.9 Å². The largest absolute Gasteiger partial charge is 0.358 e. The molecular formula is C20H30O4Si. The lowest BCUT2D eigenvalue weighted by molar-refractivity contribution is -0.0972. The minimum atomic E-state index is -1.50. The third-order valence-electron chi connectivity index (χ3n) is 3.49. The molecule has 0 amide bonds. The molecule has 0 heterocycles. The Morgan fingerprint density at radius 2 is 1.28 bits per heavy atom. The first-order chi connectivity index (χ1) is 11.7. The molecule has 0 saturated carbocycles. The molecule has 0 fully saturated rings. The molecule has 138 valence electrons. The van der Waals surface area contributed by atoms with Crippen LogP contribution in [0.2, 0.25) is 19.6 Å². The van der Waals surface area contributed by atoms with Crippen LogP contribution in [0.25, 0.3) is 0 Å². The molecule has 0 aliphatic heterocycles. The van der Waals surface area contributed by atoms with Crippen molar-refractivity contribution >= 4 is 8.07 Å². The van der Waals surface area contributed by atoms with Crippen LogP contribution < -0.4 is 0 Å². The van der Waals surface area contributed by atoms with Crippen LogP contribution in [0.4, 0.5) is 0 Å². The minimum Gasteiger partial charge on any atom is -0.358 e. The molecule has 4 nitrogen and oxygen atoms in total. The van der Waals surface area contributed by atoms with Crippen LogP contribution in [0.15, 0.2) is 24.3 Å². The Morgan fingerprint density at radius 1 is 0.840 bits per heavy atom. The first-order valence-electron chi connectivity index (χ1n) is 8.55. The Hall–Kier alpha value is -1.34. The van der Waals surface area contributed by atoms with E-state index in [2.05, 4.69) is 42.9 Å². The van der Waals surface area contributed by atoms with Gasteiger partial charge in [-0.3, -0.25) is 0 Å². The third kappa shape index (κ3) is 6.82. The Bertz CT molecular complexity index is 588. The van der Waals surface area contributed by atoms with Crippen molar-refractivity contribution in [1.82, 2.24) is 0 Å². The summed E-state index contributed by atoms with van der Waals surface area (Å²) in [6.07, 6.45) is 6.97. The molecule has 1 rings (SSSR count). The zero-order valence-electron chi connectivity index (χ0n) is 16.4. The molecule has 0 atom stereocenters. The second-order valence-corrected chi connectivity index (χ2v) is 11.4. The molecule has 0 bridgehead atoms. The Balaban J connectivity index is 3.07. The Morgan fingerprint density at radius 3 is 1.64 bits per heavy atom. The quantitative estimate of drug-likeness (QED) is 0.315. The van der Waals surface area contributed by atoms with Crippen LogP contribution in [0.3, 0.4) is 0 Å². The number of hydrogen-bond acceptors (Lipinski definition) is 4. The molecule has 1 aliphatic carbocycles. The van der Waals surface area contributed by atoms with Crippen LogP contribution in [0, 0.1) is 23.3 Å². The first-order valence-corrected chi connectivity index (χ1v) is 12.0. The molecule has 25 heavy (non-hydrogen) atoms. The highest BCUT2D eigenvalue weighted by Crippen LogP contribution is 2.26. The van der Waals surface area contributed by atoms with Gasteiger partial charge in [-0.15, -0.1) is 5.54 Å². The van der Waals surface area contributed by atoms with E-state index in [1.807, 2.05) is 38.2 Å². The van der Waals surface area contributed by atoms with Gasteiger partial charge in [-0.25, -0.2) is 0 Å². The van der Waals surface area contributed by atoms with Gasteiger partial charge in [0.15, 0.2) is 11.2 Å². The number of methoxy groups -OCH3 is 2. The minimum absolute atomic E-state index is 0.532. The van der Waals surface area contributed by atoms with Gasteiger partial charge < -0.3 is 18.9 Å². The van der Waals surface area contributed by atoms with E-state index in [1.54, 1.807) is 14.2 Å². The number of hydrogen-bond donors (Lipinski definition) is 0. The van der Waals surface area contributed by atoms with Crippen molar-refractivity contribution in [3.8, 4) is 23.3 Å². The third-order valence-corrected chi connectivity index (χ3v) is 4.36. The molecule has 0 N–H and O–H groups in total. The van der Waals surface area contributed by atoms with E-state index in [0.29, 0.717) is 13.2 Å². The van der Waals surface area contributed by atoms with E-state index in [9.17, 15) is 0 Å². The molecular weight excluding hydrogens is 332 g/mol. The summed E-state index contributed by atoms with van der Waals surface area (Å²) in [5.74, 6) is 9.35. The Labute approximate surface area is 153 Å². The van der Waals surface area contributed by atoms with Crippen molar-refractivity contribution in [2.24, 2.45) is 0 Å². The summed E-state index contributed by atoms with van der Waals surface area (Å²) in [6.45, 7) is 11.5. The lowest BCUT2D eigenvalue weighted by atomic mass is 9.90. The predicted octanol–water partition coefficient (Wildman–Crippen LogP) is 3.17. The van der Waals surface area contributed by atoms with Crippen LogP contribution in [-0.2, 0) is 18.9 Å². The highest BCUT2D eigenvalue weighted by atomic mass is 28.3. The van der Waals surface area contributed by atoms with Gasteiger partial charge in [0.2, 0.25) is 6.29 Å².